The lowest BCUT2D eigenvalue weighted by atomic mass is 10.1. The van der Waals surface area contributed by atoms with E-state index in [1.54, 1.807) is 12.1 Å². The number of carbonyl (C=O) groups is 3. The topological polar surface area (TPSA) is 122 Å². The third-order valence-corrected chi connectivity index (χ3v) is 2.85. The molecule has 0 aliphatic carbocycles. The minimum absolute atomic E-state index is 0.258. The Labute approximate surface area is 122 Å². The van der Waals surface area contributed by atoms with E-state index in [0.29, 0.717) is 18.5 Å². The minimum Gasteiger partial charge on any atom is -0.480 e. The molecule has 0 aliphatic heterocycles. The van der Waals surface area contributed by atoms with Crippen molar-refractivity contribution in [3.05, 3.63) is 29.8 Å². The quantitative estimate of drug-likeness (QED) is 0.609. The maximum absolute atomic E-state index is 11.8. The average molecular weight is 293 g/mol. The minimum atomic E-state index is -1.08. The van der Waals surface area contributed by atoms with Crippen molar-refractivity contribution in [1.29, 1.82) is 0 Å². The SMILES string of the molecule is CCCC[C@H](NC(=O)Nc1cccc(C(N)=O)c1)C(=O)O. The Kier molecular flexibility index (Phi) is 6.19. The van der Waals surface area contributed by atoms with Crippen LogP contribution in [0.3, 0.4) is 0 Å². The van der Waals surface area contributed by atoms with E-state index in [1.807, 2.05) is 6.92 Å². The summed E-state index contributed by atoms with van der Waals surface area (Å²) in [5.74, 6) is -1.69. The number of rotatable bonds is 7. The Morgan fingerprint density at radius 3 is 2.62 bits per heavy atom. The molecule has 0 saturated heterocycles. The molecule has 0 spiro atoms. The summed E-state index contributed by atoms with van der Waals surface area (Å²) in [6.45, 7) is 1.94. The summed E-state index contributed by atoms with van der Waals surface area (Å²) >= 11 is 0. The number of aliphatic carboxylic acids is 1. The van der Waals surface area contributed by atoms with E-state index in [2.05, 4.69) is 10.6 Å². The molecule has 1 rings (SSSR count). The Morgan fingerprint density at radius 2 is 2.05 bits per heavy atom. The molecule has 21 heavy (non-hydrogen) atoms. The highest BCUT2D eigenvalue weighted by Crippen LogP contribution is 2.10. The van der Waals surface area contributed by atoms with Crippen LogP contribution in [0, 0.1) is 0 Å². The van der Waals surface area contributed by atoms with Crippen LogP contribution in [0.25, 0.3) is 0 Å². The summed E-state index contributed by atoms with van der Waals surface area (Å²) in [4.78, 5) is 33.8. The molecule has 114 valence electrons. The van der Waals surface area contributed by atoms with Gasteiger partial charge in [0.2, 0.25) is 5.91 Å². The van der Waals surface area contributed by atoms with Gasteiger partial charge in [0.05, 0.1) is 0 Å². The summed E-state index contributed by atoms with van der Waals surface area (Å²) in [5, 5.41) is 13.9. The number of carboxylic acid groups (broad SMARTS) is 1. The number of urea groups is 1. The summed E-state index contributed by atoms with van der Waals surface area (Å²) in [7, 11) is 0. The number of hydrogen-bond acceptors (Lipinski definition) is 3. The molecule has 0 aliphatic rings. The van der Waals surface area contributed by atoms with Crippen LogP contribution in [-0.2, 0) is 4.79 Å². The van der Waals surface area contributed by atoms with Crippen molar-refractivity contribution in [2.24, 2.45) is 5.73 Å². The normalized spacial score (nSPS) is 11.5. The monoisotopic (exact) mass is 293 g/mol. The number of nitrogens with one attached hydrogen (secondary N) is 2. The fourth-order valence-corrected chi connectivity index (χ4v) is 1.74. The lowest BCUT2D eigenvalue weighted by molar-refractivity contribution is -0.139. The van der Waals surface area contributed by atoms with Crippen LogP contribution in [-0.4, -0.2) is 29.1 Å². The van der Waals surface area contributed by atoms with Gasteiger partial charge in [-0.1, -0.05) is 25.8 Å². The first-order valence-corrected chi connectivity index (χ1v) is 6.64. The highest BCUT2D eigenvalue weighted by atomic mass is 16.4. The largest absolute Gasteiger partial charge is 0.480 e. The van der Waals surface area contributed by atoms with Gasteiger partial charge in [0.25, 0.3) is 0 Å². The van der Waals surface area contributed by atoms with Crippen molar-refractivity contribution in [2.45, 2.75) is 32.2 Å². The van der Waals surface area contributed by atoms with Gasteiger partial charge in [-0.05, 0) is 24.6 Å². The zero-order chi connectivity index (χ0) is 15.8. The molecule has 7 heteroatoms. The van der Waals surface area contributed by atoms with Crippen molar-refractivity contribution >= 4 is 23.6 Å². The number of primary amides is 1. The number of hydrogen-bond donors (Lipinski definition) is 4. The molecule has 3 amide bonds. The van der Waals surface area contributed by atoms with Gasteiger partial charge in [-0.25, -0.2) is 9.59 Å². The molecule has 0 aromatic heterocycles. The van der Waals surface area contributed by atoms with Crippen LogP contribution < -0.4 is 16.4 Å². The number of amides is 3. The van der Waals surface area contributed by atoms with Gasteiger partial charge in [0.1, 0.15) is 6.04 Å². The smallest absolute Gasteiger partial charge is 0.326 e. The zero-order valence-corrected chi connectivity index (χ0v) is 11.8. The second-order valence-electron chi connectivity index (χ2n) is 4.58. The Morgan fingerprint density at radius 1 is 1.33 bits per heavy atom. The first-order chi connectivity index (χ1) is 9.93. The molecule has 5 N–H and O–H groups in total. The standard InChI is InChI=1S/C14H19N3O4/c1-2-3-7-11(13(19)20)17-14(21)16-10-6-4-5-9(8-10)12(15)18/h4-6,8,11H,2-3,7H2,1H3,(H2,15,18)(H,19,20)(H2,16,17,21)/t11-/m0/s1. The molecule has 1 aromatic rings. The number of carboxylic acids is 1. The molecular weight excluding hydrogens is 274 g/mol. The second kappa shape index (κ2) is 7.88. The number of carbonyl (C=O) groups excluding carboxylic acids is 2. The molecule has 0 saturated carbocycles. The van der Waals surface area contributed by atoms with Crippen LogP contribution in [0.15, 0.2) is 24.3 Å². The van der Waals surface area contributed by atoms with E-state index in [9.17, 15) is 14.4 Å². The predicted octanol–water partition coefficient (Wildman–Crippen LogP) is 1.55. The highest BCUT2D eigenvalue weighted by molar-refractivity contribution is 5.96. The van der Waals surface area contributed by atoms with Crippen LogP contribution in [0.4, 0.5) is 10.5 Å². The maximum Gasteiger partial charge on any atom is 0.326 e. The molecule has 0 radical (unpaired) electrons. The number of anilines is 1. The van der Waals surface area contributed by atoms with Gasteiger partial charge in [-0.3, -0.25) is 4.79 Å². The molecule has 7 nitrogen and oxygen atoms in total. The van der Waals surface area contributed by atoms with Gasteiger partial charge in [-0.2, -0.15) is 0 Å². The number of nitrogens with two attached hydrogens (primary N) is 1. The second-order valence-corrected chi connectivity index (χ2v) is 4.58. The van der Waals surface area contributed by atoms with Crippen LogP contribution in [0.1, 0.15) is 36.5 Å². The zero-order valence-electron chi connectivity index (χ0n) is 11.8. The predicted molar refractivity (Wildman–Crippen MR) is 78.1 cm³/mol. The first-order valence-electron chi connectivity index (χ1n) is 6.64. The van der Waals surface area contributed by atoms with Crippen molar-refractivity contribution in [3.63, 3.8) is 0 Å². The molecule has 0 fully saturated rings. The van der Waals surface area contributed by atoms with Gasteiger partial charge in [0.15, 0.2) is 0 Å². The van der Waals surface area contributed by atoms with Crippen molar-refractivity contribution in [1.82, 2.24) is 5.32 Å². The van der Waals surface area contributed by atoms with E-state index < -0.39 is 23.9 Å². The Bertz CT molecular complexity index is 531. The van der Waals surface area contributed by atoms with E-state index in [4.69, 9.17) is 10.8 Å². The molecular formula is C14H19N3O4. The van der Waals surface area contributed by atoms with Crippen molar-refractivity contribution in [2.75, 3.05) is 5.32 Å². The Balaban J connectivity index is 2.65. The summed E-state index contributed by atoms with van der Waals surface area (Å²) in [6.07, 6.45) is 1.91. The van der Waals surface area contributed by atoms with Crippen LogP contribution in [0.5, 0.6) is 0 Å². The molecule has 0 bridgehead atoms. The van der Waals surface area contributed by atoms with Crippen LogP contribution in [0.2, 0.25) is 0 Å². The van der Waals surface area contributed by atoms with Gasteiger partial charge in [-0.15, -0.1) is 0 Å². The van der Waals surface area contributed by atoms with Crippen molar-refractivity contribution in [3.8, 4) is 0 Å². The third kappa shape index (κ3) is 5.52. The Hall–Kier alpha value is -2.57. The summed E-state index contributed by atoms with van der Waals surface area (Å²) < 4.78 is 0. The highest BCUT2D eigenvalue weighted by Gasteiger charge is 2.19. The summed E-state index contributed by atoms with van der Waals surface area (Å²) in [6, 6.07) is 4.51. The fraction of sp³-hybridized carbons (Fsp3) is 0.357. The first kappa shape index (κ1) is 16.5. The molecule has 0 unspecified atom stereocenters. The van der Waals surface area contributed by atoms with E-state index in [-0.39, 0.29) is 5.56 Å². The van der Waals surface area contributed by atoms with Crippen molar-refractivity contribution < 1.29 is 19.5 Å². The lowest BCUT2D eigenvalue weighted by Crippen LogP contribution is -2.43. The average Bonchev–Trinajstić information content (AvgIpc) is 2.43. The maximum atomic E-state index is 11.8. The lowest BCUT2D eigenvalue weighted by Gasteiger charge is -2.15. The van der Waals surface area contributed by atoms with Gasteiger partial charge >= 0.3 is 12.0 Å². The number of benzene rings is 1. The molecule has 0 heterocycles. The van der Waals surface area contributed by atoms with E-state index in [1.165, 1.54) is 12.1 Å². The fourth-order valence-electron chi connectivity index (χ4n) is 1.74. The molecule has 1 aromatic carbocycles. The third-order valence-electron chi connectivity index (χ3n) is 2.85. The van der Waals surface area contributed by atoms with Crippen LogP contribution >= 0.6 is 0 Å². The number of unbranched alkanes of at least 4 members (excludes halogenated alkanes) is 1. The molecule has 1 atom stereocenters. The van der Waals surface area contributed by atoms with E-state index >= 15 is 0 Å². The van der Waals surface area contributed by atoms with Gasteiger partial charge in [0, 0.05) is 11.3 Å². The summed E-state index contributed by atoms with van der Waals surface area (Å²) in [5.41, 5.74) is 5.77. The van der Waals surface area contributed by atoms with E-state index in [0.717, 1.165) is 6.42 Å². The van der Waals surface area contributed by atoms with Gasteiger partial charge < -0.3 is 21.5 Å².